The van der Waals surface area contributed by atoms with Gasteiger partial charge in [0.15, 0.2) is 0 Å². The summed E-state index contributed by atoms with van der Waals surface area (Å²) in [6, 6.07) is 47.0. The average molecular weight is 635 g/mol. The molecule has 0 bridgehead atoms. The van der Waals surface area contributed by atoms with Crippen LogP contribution in [0.25, 0.3) is 22.5 Å². The van der Waals surface area contributed by atoms with Crippen LogP contribution >= 0.6 is 0 Å². The van der Waals surface area contributed by atoms with Gasteiger partial charge in [-0.2, -0.15) is 10.2 Å². The van der Waals surface area contributed by atoms with Gasteiger partial charge in [-0.15, -0.1) is 0 Å². The van der Waals surface area contributed by atoms with Gasteiger partial charge in [0.25, 0.3) is 0 Å². The molecule has 242 valence electrons. The molecule has 0 saturated carbocycles. The van der Waals surface area contributed by atoms with Crippen LogP contribution in [-0.4, -0.2) is 55.8 Å². The van der Waals surface area contributed by atoms with Crippen molar-refractivity contribution in [2.45, 2.75) is 39.3 Å². The summed E-state index contributed by atoms with van der Waals surface area (Å²) in [5.41, 5.74) is 7.00. The van der Waals surface area contributed by atoms with Crippen LogP contribution in [0.5, 0.6) is 0 Å². The molecule has 4 heterocycles. The van der Waals surface area contributed by atoms with Crippen LogP contribution in [0.2, 0.25) is 0 Å². The zero-order valence-electron chi connectivity index (χ0n) is 27.4. The summed E-state index contributed by atoms with van der Waals surface area (Å²) in [6.07, 6.45) is 2.25. The Bertz CT molecular complexity index is 1760. The summed E-state index contributed by atoms with van der Waals surface area (Å²) in [6.45, 7) is 7.17. The molecular formula is C40H42N8. The summed E-state index contributed by atoms with van der Waals surface area (Å²) in [5, 5.41) is 10.1. The number of aromatic nitrogens is 4. The lowest BCUT2D eigenvalue weighted by molar-refractivity contribution is 0.161. The van der Waals surface area contributed by atoms with Gasteiger partial charge in [0.1, 0.15) is 11.6 Å². The number of benzene rings is 4. The maximum Gasteiger partial charge on any atom is 0.130 e. The van der Waals surface area contributed by atoms with E-state index in [4.69, 9.17) is 10.2 Å². The first kappa shape index (κ1) is 30.2. The van der Waals surface area contributed by atoms with Crippen molar-refractivity contribution < 1.29 is 0 Å². The monoisotopic (exact) mass is 634 g/mol. The standard InChI is InChI=1S/C40H42N8/c1-5-15-33(16-6-1)27-45-29-43(31-47-39(45)25-37(41-47)35-19-9-3-10-20-35)23-13-14-24-44-30-46(28-34-17-7-2-8-18-34)40-26-38(42-48(40)32-44)36-21-11-4-12-22-36/h1-12,15-22,25-26H,13-14,23-24,27-32H2. The van der Waals surface area contributed by atoms with E-state index in [1.54, 1.807) is 0 Å². The third-order valence-corrected chi connectivity index (χ3v) is 9.35. The highest BCUT2D eigenvalue weighted by Crippen LogP contribution is 2.31. The van der Waals surface area contributed by atoms with Gasteiger partial charge in [-0.25, -0.2) is 9.36 Å². The first-order valence-electron chi connectivity index (χ1n) is 17.0. The minimum absolute atomic E-state index is 0.806. The summed E-state index contributed by atoms with van der Waals surface area (Å²) in [5.74, 6) is 2.37. The fourth-order valence-corrected chi connectivity index (χ4v) is 6.95. The van der Waals surface area contributed by atoms with Crippen LogP contribution in [0.1, 0.15) is 24.0 Å². The first-order valence-corrected chi connectivity index (χ1v) is 17.0. The second kappa shape index (κ2) is 13.9. The van der Waals surface area contributed by atoms with Crippen LogP contribution in [0, 0.1) is 0 Å². The number of anilines is 2. The Morgan fingerprint density at radius 2 is 0.812 bits per heavy atom. The SMILES string of the molecule is c1ccc(CN2CN(CCCCN3CN(Cc4ccccc4)c4cc(-c5ccccc5)nn4C3)Cn3nc(-c4ccccc4)cc32)cc1. The van der Waals surface area contributed by atoms with Gasteiger partial charge >= 0.3 is 0 Å². The molecule has 0 aliphatic carbocycles. The Balaban J connectivity index is 0.936. The molecule has 8 heteroatoms. The fraction of sp³-hybridized carbons (Fsp3) is 0.250. The van der Waals surface area contributed by atoms with Crippen LogP contribution in [0.3, 0.4) is 0 Å². The summed E-state index contributed by atoms with van der Waals surface area (Å²) in [7, 11) is 0. The van der Waals surface area contributed by atoms with Crippen molar-refractivity contribution in [2.75, 3.05) is 36.2 Å². The lowest BCUT2D eigenvalue weighted by atomic mass is 10.1. The highest BCUT2D eigenvalue weighted by molar-refractivity contribution is 5.65. The smallest absolute Gasteiger partial charge is 0.130 e. The van der Waals surface area contributed by atoms with Crippen LogP contribution < -0.4 is 9.80 Å². The topological polar surface area (TPSA) is 48.6 Å². The molecule has 2 aliphatic heterocycles. The van der Waals surface area contributed by atoms with Gasteiger partial charge in [0.2, 0.25) is 0 Å². The van der Waals surface area contributed by atoms with Crippen molar-refractivity contribution in [2.24, 2.45) is 0 Å². The second-order valence-electron chi connectivity index (χ2n) is 12.9. The van der Waals surface area contributed by atoms with E-state index < -0.39 is 0 Å². The predicted octanol–water partition coefficient (Wildman–Crippen LogP) is 7.37. The van der Waals surface area contributed by atoms with Gasteiger partial charge in [0, 0.05) is 49.4 Å². The van der Waals surface area contributed by atoms with Gasteiger partial charge < -0.3 is 9.80 Å². The van der Waals surface area contributed by atoms with Crippen molar-refractivity contribution in [1.82, 2.24) is 29.4 Å². The summed E-state index contributed by atoms with van der Waals surface area (Å²) < 4.78 is 4.37. The molecule has 6 aromatic rings. The maximum atomic E-state index is 5.06. The summed E-state index contributed by atoms with van der Waals surface area (Å²) >= 11 is 0. The number of unbranched alkanes of at least 4 members (excludes halogenated alkanes) is 1. The van der Waals surface area contributed by atoms with E-state index >= 15 is 0 Å². The molecule has 8 rings (SSSR count). The van der Waals surface area contributed by atoms with E-state index in [0.29, 0.717) is 0 Å². The molecule has 0 fully saturated rings. The van der Waals surface area contributed by atoms with E-state index in [2.05, 4.69) is 162 Å². The van der Waals surface area contributed by atoms with Crippen LogP contribution in [-0.2, 0) is 26.4 Å². The van der Waals surface area contributed by atoms with Gasteiger partial charge in [0.05, 0.1) is 38.1 Å². The molecule has 0 atom stereocenters. The van der Waals surface area contributed by atoms with Gasteiger partial charge in [-0.1, -0.05) is 121 Å². The third-order valence-electron chi connectivity index (χ3n) is 9.35. The van der Waals surface area contributed by atoms with E-state index in [0.717, 1.165) is 88.2 Å². The van der Waals surface area contributed by atoms with Crippen molar-refractivity contribution in [3.63, 3.8) is 0 Å². The number of hydrogen-bond donors (Lipinski definition) is 0. The fourth-order valence-electron chi connectivity index (χ4n) is 6.95. The van der Waals surface area contributed by atoms with Crippen molar-refractivity contribution in [3.05, 3.63) is 145 Å². The molecule has 0 spiro atoms. The lowest BCUT2D eigenvalue weighted by Crippen LogP contribution is -2.46. The normalized spacial score (nSPS) is 15.0. The second-order valence-corrected chi connectivity index (χ2v) is 12.9. The number of hydrogen-bond acceptors (Lipinski definition) is 6. The van der Waals surface area contributed by atoms with Crippen LogP contribution in [0.15, 0.2) is 133 Å². The molecule has 0 unspecified atom stereocenters. The molecule has 8 nitrogen and oxygen atoms in total. The molecule has 0 saturated heterocycles. The lowest BCUT2D eigenvalue weighted by Gasteiger charge is -2.38. The van der Waals surface area contributed by atoms with Crippen LogP contribution in [0.4, 0.5) is 11.6 Å². The van der Waals surface area contributed by atoms with E-state index in [1.165, 1.54) is 22.8 Å². The Labute approximate surface area is 283 Å². The average Bonchev–Trinajstić information content (AvgIpc) is 3.77. The first-order chi connectivity index (χ1) is 23.7. The maximum absolute atomic E-state index is 5.06. The quantitative estimate of drug-likeness (QED) is 0.139. The molecule has 2 aliphatic rings. The van der Waals surface area contributed by atoms with Crippen molar-refractivity contribution in [3.8, 4) is 22.5 Å². The van der Waals surface area contributed by atoms with E-state index in [9.17, 15) is 0 Å². The van der Waals surface area contributed by atoms with E-state index in [1.807, 2.05) is 0 Å². The number of nitrogens with zero attached hydrogens (tertiary/aromatic N) is 8. The molecule has 0 N–H and O–H groups in total. The highest BCUT2D eigenvalue weighted by Gasteiger charge is 2.27. The zero-order chi connectivity index (χ0) is 32.1. The molecule has 4 aromatic carbocycles. The Kier molecular flexibility index (Phi) is 8.73. The Morgan fingerprint density at radius 1 is 0.438 bits per heavy atom. The van der Waals surface area contributed by atoms with Gasteiger partial charge in [-0.05, 0) is 24.0 Å². The number of fused-ring (bicyclic) bond motifs is 2. The molecule has 48 heavy (non-hydrogen) atoms. The zero-order valence-corrected chi connectivity index (χ0v) is 27.4. The van der Waals surface area contributed by atoms with Gasteiger partial charge in [-0.3, -0.25) is 9.80 Å². The largest absolute Gasteiger partial charge is 0.339 e. The predicted molar refractivity (Wildman–Crippen MR) is 193 cm³/mol. The van der Waals surface area contributed by atoms with Crippen molar-refractivity contribution in [1.29, 1.82) is 0 Å². The highest BCUT2D eigenvalue weighted by atomic mass is 15.5. The third kappa shape index (κ3) is 6.76. The molecular weight excluding hydrogens is 592 g/mol. The minimum atomic E-state index is 0.806. The molecule has 0 amide bonds. The summed E-state index contributed by atoms with van der Waals surface area (Å²) in [4.78, 5) is 10.0. The van der Waals surface area contributed by atoms with E-state index in [-0.39, 0.29) is 0 Å². The Morgan fingerprint density at radius 3 is 1.21 bits per heavy atom. The van der Waals surface area contributed by atoms with Crippen molar-refractivity contribution >= 4 is 11.6 Å². The number of rotatable bonds is 11. The Hall–Kier alpha value is -5.18. The minimum Gasteiger partial charge on any atom is -0.339 e. The molecule has 0 radical (unpaired) electrons. The molecule has 2 aromatic heterocycles.